The Morgan fingerprint density at radius 2 is 0.983 bits per heavy atom. The molecule has 7 aliphatic rings. The molecule has 3 atom stereocenters. The van der Waals surface area contributed by atoms with Crippen LogP contribution in [0.5, 0.6) is 23.0 Å². The van der Waals surface area contributed by atoms with Crippen LogP contribution in [0, 0.1) is 16.2 Å². The van der Waals surface area contributed by atoms with E-state index in [1.807, 2.05) is 55.1 Å². The highest BCUT2D eigenvalue weighted by atomic mass is 16.5. The number of anilines is 3. The summed E-state index contributed by atoms with van der Waals surface area (Å²) in [4.78, 5) is 20.4. The van der Waals surface area contributed by atoms with E-state index in [0.29, 0.717) is 22.3 Å². The molecule has 4 aromatic rings. The van der Waals surface area contributed by atoms with Gasteiger partial charge in [-0.2, -0.15) is 0 Å². The number of rotatable bonds is 8. The van der Waals surface area contributed by atoms with Crippen molar-refractivity contribution in [1.82, 2.24) is 30.9 Å². The van der Waals surface area contributed by atoms with Crippen LogP contribution in [0.3, 0.4) is 0 Å². The summed E-state index contributed by atoms with van der Waals surface area (Å²) in [6.07, 6.45) is 24.4. The predicted molar refractivity (Wildman–Crippen MR) is 239 cm³/mol. The molecule has 6 saturated heterocycles. The van der Waals surface area contributed by atoms with E-state index in [1.165, 1.54) is 102 Å². The summed E-state index contributed by atoms with van der Waals surface area (Å²) in [6.45, 7) is 13.8. The second-order valence-corrected chi connectivity index (χ2v) is 18.6. The zero-order chi connectivity index (χ0) is 40.7. The standard InChI is InChI=1S/C18H21N3O.C17H25N3O.C13H19N3O/c1-2-4-16(5-3-1)22-17-10-15(11-20-12-17)21-9-7-18(14-21)6-8-19-13-18;1-2-4-15(3-1)21-16-9-14(10-19-11-16)20-8-6-17(13-20)5-7-18-12-17;1-17-12-6-11(7-15-8-12)16-5-3-13(10-16)2-4-14-9-13/h1-5,10-12,19H,6-9,13-14H2;9-11,15,18H,1-8,12-13H2;6-8,14H,2-5,9-10H2,1H3. The summed E-state index contributed by atoms with van der Waals surface area (Å²) < 4.78 is 17.2. The number of hydrogen-bond donors (Lipinski definition) is 3. The maximum absolute atomic E-state index is 6.09. The molecule has 0 amide bonds. The van der Waals surface area contributed by atoms with Gasteiger partial charge >= 0.3 is 0 Å². The SMILES string of the molecule is COc1cncc(N2CCC3(CCNC3)C2)c1.c1ccc(Oc2cncc(N3CCC4(CCNC4)C3)c2)cc1.c1ncc(N2CCC3(CCNC3)C2)cc1OC1CCCC1. The molecule has 3 aromatic heterocycles. The monoisotopic (exact) mass is 816 g/mol. The molecule has 0 radical (unpaired) electrons. The van der Waals surface area contributed by atoms with Gasteiger partial charge in [-0.05, 0) is 96.0 Å². The van der Waals surface area contributed by atoms with E-state index >= 15 is 0 Å². The molecule has 3 spiro atoms. The van der Waals surface area contributed by atoms with E-state index in [4.69, 9.17) is 14.2 Å². The summed E-state index contributed by atoms with van der Waals surface area (Å²) in [5, 5.41) is 10.5. The Bertz CT molecular complexity index is 1980. The van der Waals surface area contributed by atoms with Gasteiger partial charge in [0.25, 0.3) is 0 Å². The Labute approximate surface area is 356 Å². The second-order valence-electron chi connectivity index (χ2n) is 18.6. The highest BCUT2D eigenvalue weighted by Gasteiger charge is 2.42. The fourth-order valence-corrected chi connectivity index (χ4v) is 10.7. The summed E-state index contributed by atoms with van der Waals surface area (Å²) in [6, 6.07) is 16.2. The molecule has 12 nitrogen and oxygen atoms in total. The summed E-state index contributed by atoms with van der Waals surface area (Å²) in [5.41, 5.74) is 5.06. The normalized spacial score (nSPS) is 27.1. The van der Waals surface area contributed by atoms with Crippen molar-refractivity contribution in [1.29, 1.82) is 0 Å². The molecular formula is C48H65N9O3. The van der Waals surface area contributed by atoms with Crippen molar-refractivity contribution in [3.8, 4) is 23.0 Å². The number of para-hydroxylation sites is 1. The van der Waals surface area contributed by atoms with Crippen molar-refractivity contribution in [2.24, 2.45) is 16.2 Å². The average molecular weight is 816 g/mol. The van der Waals surface area contributed by atoms with Gasteiger partial charge in [0, 0.05) is 93.3 Å². The molecule has 1 aliphatic carbocycles. The van der Waals surface area contributed by atoms with E-state index in [1.54, 1.807) is 19.5 Å². The van der Waals surface area contributed by atoms with Crippen LogP contribution in [0.25, 0.3) is 0 Å². The predicted octanol–water partition coefficient (Wildman–Crippen LogP) is 6.94. The molecular weight excluding hydrogens is 751 g/mol. The Morgan fingerprint density at radius 3 is 1.45 bits per heavy atom. The van der Waals surface area contributed by atoms with Crippen LogP contribution in [0.15, 0.2) is 85.7 Å². The lowest BCUT2D eigenvalue weighted by atomic mass is 9.86. The van der Waals surface area contributed by atoms with E-state index in [-0.39, 0.29) is 0 Å². The lowest BCUT2D eigenvalue weighted by Crippen LogP contribution is -2.29. The lowest BCUT2D eigenvalue weighted by molar-refractivity contribution is 0.209. The zero-order valence-electron chi connectivity index (χ0n) is 35.6. The highest BCUT2D eigenvalue weighted by Crippen LogP contribution is 2.41. The second kappa shape index (κ2) is 18.5. The highest BCUT2D eigenvalue weighted by molar-refractivity contribution is 5.52. The van der Waals surface area contributed by atoms with Crippen LogP contribution in [0.4, 0.5) is 17.1 Å². The van der Waals surface area contributed by atoms with Crippen molar-refractivity contribution < 1.29 is 14.2 Å². The van der Waals surface area contributed by atoms with E-state index in [2.05, 4.69) is 63.8 Å². The smallest absolute Gasteiger partial charge is 0.147 e. The van der Waals surface area contributed by atoms with Gasteiger partial charge in [-0.3, -0.25) is 15.0 Å². The zero-order valence-corrected chi connectivity index (χ0v) is 35.6. The van der Waals surface area contributed by atoms with E-state index in [0.717, 1.165) is 81.0 Å². The summed E-state index contributed by atoms with van der Waals surface area (Å²) >= 11 is 0. The third kappa shape index (κ3) is 9.77. The fourth-order valence-electron chi connectivity index (χ4n) is 10.7. The first-order chi connectivity index (χ1) is 29.5. The third-order valence-electron chi connectivity index (χ3n) is 14.3. The van der Waals surface area contributed by atoms with Crippen LogP contribution < -0.4 is 44.9 Å². The number of aromatic nitrogens is 3. The van der Waals surface area contributed by atoms with Crippen molar-refractivity contribution in [3.05, 3.63) is 85.7 Å². The maximum atomic E-state index is 6.09. The van der Waals surface area contributed by atoms with Gasteiger partial charge in [-0.15, -0.1) is 0 Å². The molecule has 6 aliphatic heterocycles. The topological polar surface area (TPSA) is 112 Å². The van der Waals surface area contributed by atoms with E-state index in [9.17, 15) is 0 Å². The first kappa shape index (κ1) is 40.7. The van der Waals surface area contributed by atoms with Crippen molar-refractivity contribution in [2.75, 3.05) is 100 Å². The molecule has 320 valence electrons. The van der Waals surface area contributed by atoms with Crippen LogP contribution in [0.1, 0.15) is 64.2 Å². The van der Waals surface area contributed by atoms with Crippen molar-refractivity contribution in [3.63, 3.8) is 0 Å². The van der Waals surface area contributed by atoms with Crippen LogP contribution in [-0.4, -0.2) is 107 Å². The summed E-state index contributed by atoms with van der Waals surface area (Å²) in [7, 11) is 1.69. The van der Waals surface area contributed by atoms with Gasteiger partial charge in [-0.1, -0.05) is 18.2 Å². The van der Waals surface area contributed by atoms with E-state index < -0.39 is 0 Å². The number of methoxy groups -OCH3 is 1. The molecule has 12 heteroatoms. The largest absolute Gasteiger partial charge is 0.495 e. The number of nitrogens with zero attached hydrogens (tertiary/aromatic N) is 6. The molecule has 3 N–H and O–H groups in total. The van der Waals surface area contributed by atoms with Gasteiger partial charge < -0.3 is 44.9 Å². The number of benzene rings is 1. The number of nitrogens with one attached hydrogen (secondary N) is 3. The minimum absolute atomic E-state index is 0.408. The van der Waals surface area contributed by atoms with Gasteiger partial charge in [0.1, 0.15) is 23.0 Å². The molecule has 3 unspecified atom stereocenters. The first-order valence-corrected chi connectivity index (χ1v) is 22.6. The lowest BCUT2D eigenvalue weighted by Gasteiger charge is -2.24. The summed E-state index contributed by atoms with van der Waals surface area (Å²) in [5.74, 6) is 3.44. The van der Waals surface area contributed by atoms with Crippen molar-refractivity contribution >= 4 is 17.1 Å². The van der Waals surface area contributed by atoms with Crippen LogP contribution in [0.2, 0.25) is 0 Å². The molecule has 11 rings (SSSR count). The Balaban J connectivity index is 0.000000117. The fraction of sp³-hybridized carbons (Fsp3) is 0.562. The average Bonchev–Trinajstić information content (AvgIpc) is 4.16. The minimum atomic E-state index is 0.408. The minimum Gasteiger partial charge on any atom is -0.495 e. The molecule has 60 heavy (non-hydrogen) atoms. The quantitative estimate of drug-likeness (QED) is 0.172. The van der Waals surface area contributed by atoms with Crippen LogP contribution in [-0.2, 0) is 0 Å². The first-order valence-electron chi connectivity index (χ1n) is 22.6. The molecule has 1 saturated carbocycles. The molecule has 1 aromatic carbocycles. The molecule has 9 heterocycles. The maximum Gasteiger partial charge on any atom is 0.147 e. The van der Waals surface area contributed by atoms with Crippen LogP contribution >= 0.6 is 0 Å². The van der Waals surface area contributed by atoms with Gasteiger partial charge in [0.05, 0.1) is 67.5 Å². The number of ether oxygens (including phenoxy) is 3. The van der Waals surface area contributed by atoms with Crippen molar-refractivity contribution in [2.45, 2.75) is 70.3 Å². The van der Waals surface area contributed by atoms with Gasteiger partial charge in [0.2, 0.25) is 0 Å². The van der Waals surface area contributed by atoms with Gasteiger partial charge in [0.15, 0.2) is 0 Å². The van der Waals surface area contributed by atoms with Gasteiger partial charge in [-0.25, -0.2) is 0 Å². The Morgan fingerprint density at radius 1 is 0.533 bits per heavy atom. The Hall–Kier alpha value is -4.65. The third-order valence-corrected chi connectivity index (χ3v) is 14.3. The molecule has 7 fully saturated rings. The number of hydrogen-bond acceptors (Lipinski definition) is 12. The Kier molecular flexibility index (Phi) is 12.6. The number of pyridine rings is 3. The molecule has 0 bridgehead atoms.